The van der Waals surface area contributed by atoms with Gasteiger partial charge in [-0.3, -0.25) is 4.79 Å². The first-order valence-corrected chi connectivity index (χ1v) is 7.86. The topological polar surface area (TPSA) is 106 Å². The molecule has 1 aromatic carbocycles. The fourth-order valence-electron chi connectivity index (χ4n) is 3.26. The Morgan fingerprint density at radius 1 is 1.33 bits per heavy atom. The molecule has 5 heteroatoms. The van der Waals surface area contributed by atoms with E-state index in [9.17, 15) is 10.1 Å². The zero-order valence-electron chi connectivity index (χ0n) is 14.1. The van der Waals surface area contributed by atoms with E-state index in [4.69, 9.17) is 11.5 Å². The molecule has 0 radical (unpaired) electrons. The molecule has 0 spiro atoms. The highest BCUT2D eigenvalue weighted by Crippen LogP contribution is 2.59. The van der Waals surface area contributed by atoms with Gasteiger partial charge in [0.05, 0.1) is 5.69 Å². The number of carbonyl (C=O) groups excluding carboxylic acids is 1. The summed E-state index contributed by atoms with van der Waals surface area (Å²) in [6.07, 6.45) is 1.06. The molecule has 1 aliphatic carbocycles. The minimum absolute atomic E-state index is 0.214. The normalized spacial score (nSPS) is 18.0. The summed E-state index contributed by atoms with van der Waals surface area (Å²) >= 11 is 0. The average molecular weight is 320 g/mol. The Morgan fingerprint density at radius 3 is 2.38 bits per heavy atom. The molecule has 122 valence electrons. The molecular formula is C19H20N4O. The number of nitrogens with zero attached hydrogens (tertiary/aromatic N) is 2. The van der Waals surface area contributed by atoms with Crippen LogP contribution in [-0.4, -0.2) is 10.9 Å². The number of nitrogens with two attached hydrogens (primary N) is 2. The van der Waals surface area contributed by atoms with Crippen molar-refractivity contribution in [1.82, 2.24) is 4.98 Å². The number of anilines is 1. The van der Waals surface area contributed by atoms with Crippen molar-refractivity contribution in [3.63, 3.8) is 0 Å². The van der Waals surface area contributed by atoms with Crippen LogP contribution in [-0.2, 0) is 0 Å². The summed E-state index contributed by atoms with van der Waals surface area (Å²) in [6, 6.07) is 9.09. The Morgan fingerprint density at radius 2 is 1.92 bits per heavy atom. The Balaban J connectivity index is 2.19. The molecule has 24 heavy (non-hydrogen) atoms. The fourth-order valence-corrected chi connectivity index (χ4v) is 3.26. The van der Waals surface area contributed by atoms with Crippen LogP contribution in [0.5, 0.6) is 0 Å². The maximum absolute atomic E-state index is 11.3. The van der Waals surface area contributed by atoms with Crippen molar-refractivity contribution < 1.29 is 4.79 Å². The second-order valence-corrected chi connectivity index (χ2v) is 7.06. The number of pyridine rings is 1. The van der Waals surface area contributed by atoms with Crippen LogP contribution in [0.4, 0.5) is 5.82 Å². The minimum Gasteiger partial charge on any atom is -0.383 e. The summed E-state index contributed by atoms with van der Waals surface area (Å²) in [7, 11) is 0. The third-order valence-corrected chi connectivity index (χ3v) is 4.92. The molecule has 1 saturated carbocycles. The van der Waals surface area contributed by atoms with E-state index in [2.05, 4.69) is 24.9 Å². The summed E-state index contributed by atoms with van der Waals surface area (Å²) in [5.41, 5.74) is 15.9. The van der Waals surface area contributed by atoms with Crippen LogP contribution in [0.15, 0.2) is 24.3 Å². The van der Waals surface area contributed by atoms with Crippen molar-refractivity contribution in [3.8, 4) is 17.2 Å². The lowest BCUT2D eigenvalue weighted by Crippen LogP contribution is -2.10. The van der Waals surface area contributed by atoms with Crippen LogP contribution in [0.25, 0.3) is 11.1 Å². The van der Waals surface area contributed by atoms with Crippen molar-refractivity contribution in [2.45, 2.75) is 33.1 Å². The molecule has 5 nitrogen and oxygen atoms in total. The summed E-state index contributed by atoms with van der Waals surface area (Å²) in [4.78, 5) is 15.8. The van der Waals surface area contributed by atoms with E-state index in [1.54, 1.807) is 24.3 Å². The van der Waals surface area contributed by atoms with Gasteiger partial charge >= 0.3 is 0 Å². The molecule has 3 rings (SSSR count). The highest BCUT2D eigenvalue weighted by atomic mass is 16.1. The highest BCUT2D eigenvalue weighted by molar-refractivity contribution is 5.93. The zero-order chi connectivity index (χ0) is 17.6. The molecular weight excluding hydrogens is 300 g/mol. The van der Waals surface area contributed by atoms with Crippen molar-refractivity contribution in [1.29, 1.82) is 5.26 Å². The van der Waals surface area contributed by atoms with Crippen molar-refractivity contribution in [3.05, 3.63) is 46.6 Å². The number of carbonyl (C=O) groups is 1. The van der Waals surface area contributed by atoms with E-state index in [1.807, 2.05) is 6.92 Å². The quantitative estimate of drug-likeness (QED) is 0.906. The molecule has 2 aromatic rings. The Hall–Kier alpha value is -2.87. The number of rotatable bonds is 3. The Kier molecular flexibility index (Phi) is 3.56. The van der Waals surface area contributed by atoms with Gasteiger partial charge in [-0.25, -0.2) is 4.98 Å². The van der Waals surface area contributed by atoms with Gasteiger partial charge in [0, 0.05) is 17.0 Å². The Labute approximate surface area is 141 Å². The van der Waals surface area contributed by atoms with Gasteiger partial charge in [0.1, 0.15) is 17.5 Å². The van der Waals surface area contributed by atoms with Gasteiger partial charge in [0.25, 0.3) is 0 Å². The lowest BCUT2D eigenvalue weighted by Gasteiger charge is -2.16. The maximum atomic E-state index is 11.3. The first-order valence-electron chi connectivity index (χ1n) is 7.86. The largest absolute Gasteiger partial charge is 0.383 e. The van der Waals surface area contributed by atoms with Gasteiger partial charge in [-0.1, -0.05) is 26.0 Å². The summed E-state index contributed by atoms with van der Waals surface area (Å²) in [5, 5.41) is 9.53. The van der Waals surface area contributed by atoms with Crippen LogP contribution in [0.3, 0.4) is 0 Å². The van der Waals surface area contributed by atoms with Crippen LogP contribution in [0.2, 0.25) is 0 Å². The number of primary amides is 1. The fraction of sp³-hybridized carbons (Fsp3) is 0.316. The molecule has 0 aliphatic heterocycles. The highest BCUT2D eigenvalue weighted by Gasteiger charge is 2.48. The second-order valence-electron chi connectivity index (χ2n) is 7.06. The molecule has 1 fully saturated rings. The van der Waals surface area contributed by atoms with E-state index < -0.39 is 5.91 Å². The van der Waals surface area contributed by atoms with E-state index in [1.165, 1.54) is 0 Å². The van der Waals surface area contributed by atoms with Crippen molar-refractivity contribution in [2.75, 3.05) is 5.73 Å². The van der Waals surface area contributed by atoms with Gasteiger partial charge < -0.3 is 11.5 Å². The third kappa shape index (κ3) is 2.50. The van der Waals surface area contributed by atoms with Gasteiger partial charge in [0.2, 0.25) is 5.91 Å². The van der Waals surface area contributed by atoms with Gasteiger partial charge in [-0.15, -0.1) is 0 Å². The van der Waals surface area contributed by atoms with Crippen LogP contribution in [0, 0.1) is 23.7 Å². The molecule has 1 heterocycles. The first kappa shape index (κ1) is 16.0. The number of nitriles is 1. The van der Waals surface area contributed by atoms with Gasteiger partial charge in [-0.05, 0) is 42.0 Å². The monoisotopic (exact) mass is 320 g/mol. The third-order valence-electron chi connectivity index (χ3n) is 4.92. The Bertz CT molecular complexity index is 876. The van der Waals surface area contributed by atoms with Gasteiger partial charge in [0.15, 0.2) is 0 Å². The lowest BCUT2D eigenvalue weighted by molar-refractivity contribution is 0.100. The summed E-state index contributed by atoms with van der Waals surface area (Å²) in [5.74, 6) is 0.138. The van der Waals surface area contributed by atoms with E-state index in [0.29, 0.717) is 17.0 Å². The summed E-state index contributed by atoms with van der Waals surface area (Å²) in [6.45, 7) is 6.39. The van der Waals surface area contributed by atoms with E-state index >= 15 is 0 Å². The number of hydrogen-bond donors (Lipinski definition) is 2. The second kappa shape index (κ2) is 5.34. The predicted molar refractivity (Wildman–Crippen MR) is 93.2 cm³/mol. The molecule has 0 bridgehead atoms. The molecule has 1 atom stereocenters. The number of benzene rings is 1. The molecule has 4 N–H and O–H groups in total. The minimum atomic E-state index is -0.478. The van der Waals surface area contributed by atoms with Crippen molar-refractivity contribution in [2.24, 2.45) is 11.1 Å². The summed E-state index contributed by atoms with van der Waals surface area (Å²) < 4.78 is 0. The zero-order valence-corrected chi connectivity index (χ0v) is 14.1. The molecule has 0 unspecified atom stereocenters. The van der Waals surface area contributed by atoms with Crippen LogP contribution >= 0.6 is 0 Å². The molecule has 1 aliphatic rings. The molecule has 0 saturated heterocycles. The van der Waals surface area contributed by atoms with Gasteiger partial charge in [-0.2, -0.15) is 5.26 Å². The first-order chi connectivity index (χ1) is 11.3. The number of amides is 1. The van der Waals surface area contributed by atoms with E-state index in [-0.39, 0.29) is 11.2 Å². The van der Waals surface area contributed by atoms with Crippen LogP contribution in [0.1, 0.15) is 53.4 Å². The lowest BCUT2D eigenvalue weighted by atomic mass is 9.92. The predicted octanol–water partition coefficient (Wildman–Crippen LogP) is 3.12. The van der Waals surface area contributed by atoms with Crippen molar-refractivity contribution >= 4 is 11.7 Å². The maximum Gasteiger partial charge on any atom is 0.248 e. The molecule has 1 aromatic heterocycles. The van der Waals surface area contributed by atoms with Crippen LogP contribution < -0.4 is 11.5 Å². The standard InChI is InChI=1S/C19H20N4O/c1-10-15(11-4-6-12(7-5-11)18(22)24)13(9-20)17(21)23-16(10)14-8-19(14,2)3/h4-7,14H,8H2,1-3H3,(H2,21,23)(H2,22,24)/t14-/m0/s1. The molecule has 1 amide bonds. The van der Waals surface area contributed by atoms with E-state index in [0.717, 1.165) is 28.8 Å². The average Bonchev–Trinajstić information content (AvgIpc) is 3.17. The SMILES string of the molecule is Cc1c([C@@H]2CC2(C)C)nc(N)c(C#N)c1-c1ccc(C(N)=O)cc1. The number of nitrogen functional groups attached to an aromatic ring is 1. The number of hydrogen-bond acceptors (Lipinski definition) is 4. The number of aromatic nitrogens is 1. The smallest absolute Gasteiger partial charge is 0.248 e.